The van der Waals surface area contributed by atoms with Gasteiger partial charge in [0.05, 0.1) is 5.39 Å². The SMILES string of the molecule is Cc1ccc(-c2oc3cc(C)ccc3c(=O)c2OCc2ccc(Cl)cc2Cl)cc1. The third-order valence-electron chi connectivity index (χ3n) is 4.71. The molecule has 3 nitrogen and oxygen atoms in total. The molecule has 0 unspecified atom stereocenters. The third-order valence-corrected chi connectivity index (χ3v) is 5.29. The molecule has 0 saturated carbocycles. The predicted molar refractivity (Wildman–Crippen MR) is 118 cm³/mol. The topological polar surface area (TPSA) is 39.4 Å². The lowest BCUT2D eigenvalue weighted by molar-refractivity contribution is 0.298. The molecule has 0 radical (unpaired) electrons. The first-order valence-corrected chi connectivity index (χ1v) is 9.89. The second kappa shape index (κ2) is 7.94. The molecule has 0 aliphatic carbocycles. The molecular formula is C24H18Cl2O3. The van der Waals surface area contributed by atoms with E-state index in [9.17, 15) is 4.79 Å². The van der Waals surface area contributed by atoms with Crippen molar-refractivity contribution in [3.8, 4) is 17.1 Å². The molecule has 4 aromatic rings. The Morgan fingerprint density at radius 3 is 2.34 bits per heavy atom. The summed E-state index contributed by atoms with van der Waals surface area (Å²) in [6.07, 6.45) is 0. The Balaban J connectivity index is 1.84. The summed E-state index contributed by atoms with van der Waals surface area (Å²) in [5, 5.41) is 1.50. The van der Waals surface area contributed by atoms with Gasteiger partial charge >= 0.3 is 0 Å². The summed E-state index contributed by atoms with van der Waals surface area (Å²) in [7, 11) is 0. The smallest absolute Gasteiger partial charge is 0.235 e. The molecule has 3 aromatic carbocycles. The van der Waals surface area contributed by atoms with Crippen LogP contribution in [0.3, 0.4) is 0 Å². The fraction of sp³-hybridized carbons (Fsp3) is 0.125. The average molecular weight is 425 g/mol. The number of rotatable bonds is 4. The van der Waals surface area contributed by atoms with Gasteiger partial charge in [-0.25, -0.2) is 0 Å². The van der Waals surface area contributed by atoms with Gasteiger partial charge in [-0.1, -0.05) is 65.2 Å². The second-order valence-electron chi connectivity index (χ2n) is 6.98. The molecule has 29 heavy (non-hydrogen) atoms. The molecule has 0 aliphatic heterocycles. The highest BCUT2D eigenvalue weighted by atomic mass is 35.5. The van der Waals surface area contributed by atoms with E-state index in [0.29, 0.717) is 26.8 Å². The summed E-state index contributed by atoms with van der Waals surface area (Å²) >= 11 is 12.2. The van der Waals surface area contributed by atoms with Crippen LogP contribution in [0.25, 0.3) is 22.3 Å². The van der Waals surface area contributed by atoms with E-state index in [1.165, 1.54) is 0 Å². The van der Waals surface area contributed by atoms with E-state index in [4.69, 9.17) is 32.4 Å². The highest BCUT2D eigenvalue weighted by molar-refractivity contribution is 6.35. The lowest BCUT2D eigenvalue weighted by atomic mass is 10.1. The summed E-state index contributed by atoms with van der Waals surface area (Å²) in [6, 6.07) is 18.4. The highest BCUT2D eigenvalue weighted by Gasteiger charge is 2.18. The van der Waals surface area contributed by atoms with Gasteiger partial charge in [0.1, 0.15) is 12.2 Å². The Bertz CT molecular complexity index is 1260. The number of hydrogen-bond acceptors (Lipinski definition) is 3. The molecule has 4 rings (SSSR count). The monoisotopic (exact) mass is 424 g/mol. The Labute approximate surface area is 178 Å². The summed E-state index contributed by atoms with van der Waals surface area (Å²) < 4.78 is 12.1. The Kier molecular flexibility index (Phi) is 5.35. The van der Waals surface area contributed by atoms with Crippen molar-refractivity contribution in [2.45, 2.75) is 20.5 Å². The first-order valence-electron chi connectivity index (χ1n) is 9.13. The van der Waals surface area contributed by atoms with Crippen LogP contribution in [0.5, 0.6) is 5.75 Å². The Morgan fingerprint density at radius 2 is 1.62 bits per heavy atom. The summed E-state index contributed by atoms with van der Waals surface area (Å²) in [5.41, 5.74) is 3.94. The van der Waals surface area contributed by atoms with Gasteiger partial charge in [0, 0.05) is 21.2 Å². The number of benzene rings is 3. The fourth-order valence-electron chi connectivity index (χ4n) is 3.10. The number of halogens is 2. The lowest BCUT2D eigenvalue weighted by Crippen LogP contribution is -2.10. The molecule has 0 saturated heterocycles. The van der Waals surface area contributed by atoms with Gasteiger partial charge in [-0.2, -0.15) is 0 Å². The van der Waals surface area contributed by atoms with Crippen molar-refractivity contribution in [1.29, 1.82) is 0 Å². The molecule has 0 bridgehead atoms. The molecule has 0 amide bonds. The van der Waals surface area contributed by atoms with E-state index in [1.807, 2.05) is 50.2 Å². The maximum absolute atomic E-state index is 13.2. The van der Waals surface area contributed by atoms with E-state index in [-0.39, 0.29) is 17.8 Å². The number of aryl methyl sites for hydroxylation is 2. The maximum atomic E-state index is 13.2. The molecule has 0 atom stereocenters. The third kappa shape index (κ3) is 4.02. The van der Waals surface area contributed by atoms with Gasteiger partial charge in [-0.05, 0) is 43.7 Å². The Hall–Kier alpha value is -2.75. The van der Waals surface area contributed by atoms with Crippen molar-refractivity contribution >= 4 is 34.2 Å². The highest BCUT2D eigenvalue weighted by Crippen LogP contribution is 2.32. The fourth-order valence-corrected chi connectivity index (χ4v) is 3.56. The number of ether oxygens (including phenoxy) is 1. The van der Waals surface area contributed by atoms with Crippen LogP contribution < -0.4 is 10.2 Å². The van der Waals surface area contributed by atoms with Crippen molar-refractivity contribution in [2.75, 3.05) is 0 Å². The van der Waals surface area contributed by atoms with E-state index in [1.54, 1.807) is 24.3 Å². The van der Waals surface area contributed by atoms with Gasteiger partial charge in [-0.3, -0.25) is 4.79 Å². The largest absolute Gasteiger partial charge is 0.481 e. The predicted octanol–water partition coefficient (Wildman–Crippen LogP) is 6.96. The first-order chi connectivity index (χ1) is 13.9. The minimum Gasteiger partial charge on any atom is -0.481 e. The van der Waals surface area contributed by atoms with Crippen molar-refractivity contribution < 1.29 is 9.15 Å². The zero-order valence-electron chi connectivity index (χ0n) is 16.0. The minimum atomic E-state index is -0.216. The van der Waals surface area contributed by atoms with Crippen LogP contribution in [0, 0.1) is 13.8 Å². The van der Waals surface area contributed by atoms with Gasteiger partial charge in [0.25, 0.3) is 0 Å². The van der Waals surface area contributed by atoms with E-state index < -0.39 is 0 Å². The van der Waals surface area contributed by atoms with Gasteiger partial charge in [0.15, 0.2) is 5.76 Å². The van der Waals surface area contributed by atoms with Crippen LogP contribution in [0.15, 0.2) is 69.9 Å². The molecule has 0 spiro atoms. The standard InChI is InChI=1S/C24H18Cl2O3/c1-14-3-6-16(7-4-14)23-24(28-13-17-8-9-18(25)12-20(17)26)22(27)19-10-5-15(2)11-21(19)29-23/h3-12H,13H2,1-2H3. The normalized spacial score (nSPS) is 11.0. The molecule has 146 valence electrons. The zero-order chi connectivity index (χ0) is 20.5. The van der Waals surface area contributed by atoms with E-state index >= 15 is 0 Å². The lowest BCUT2D eigenvalue weighted by Gasteiger charge is -2.13. The average Bonchev–Trinajstić information content (AvgIpc) is 2.69. The summed E-state index contributed by atoms with van der Waals surface area (Å²) in [4.78, 5) is 13.2. The molecule has 0 aliphatic rings. The van der Waals surface area contributed by atoms with Gasteiger partial charge in [-0.15, -0.1) is 0 Å². The van der Waals surface area contributed by atoms with Crippen LogP contribution in [-0.2, 0) is 6.61 Å². The zero-order valence-corrected chi connectivity index (χ0v) is 17.5. The van der Waals surface area contributed by atoms with Gasteiger partial charge < -0.3 is 9.15 Å². The van der Waals surface area contributed by atoms with Gasteiger partial charge in [0.2, 0.25) is 11.2 Å². The van der Waals surface area contributed by atoms with Crippen LogP contribution in [0.1, 0.15) is 16.7 Å². The first kappa shape index (κ1) is 19.6. The summed E-state index contributed by atoms with van der Waals surface area (Å²) in [5.74, 6) is 0.564. The van der Waals surface area contributed by atoms with Crippen molar-refractivity contribution in [3.63, 3.8) is 0 Å². The van der Waals surface area contributed by atoms with Crippen molar-refractivity contribution in [3.05, 3.63) is 97.6 Å². The maximum Gasteiger partial charge on any atom is 0.235 e. The van der Waals surface area contributed by atoms with Crippen LogP contribution >= 0.6 is 23.2 Å². The minimum absolute atomic E-state index is 0.122. The number of hydrogen-bond donors (Lipinski definition) is 0. The molecule has 0 fully saturated rings. The number of fused-ring (bicyclic) bond motifs is 1. The molecular weight excluding hydrogens is 407 g/mol. The van der Waals surface area contributed by atoms with Crippen LogP contribution in [0.2, 0.25) is 10.0 Å². The van der Waals surface area contributed by atoms with E-state index in [2.05, 4.69) is 0 Å². The molecule has 1 aromatic heterocycles. The van der Waals surface area contributed by atoms with Crippen molar-refractivity contribution in [2.24, 2.45) is 0 Å². The van der Waals surface area contributed by atoms with Crippen LogP contribution in [-0.4, -0.2) is 0 Å². The van der Waals surface area contributed by atoms with E-state index in [0.717, 1.165) is 22.3 Å². The second-order valence-corrected chi connectivity index (χ2v) is 7.82. The van der Waals surface area contributed by atoms with Crippen LogP contribution in [0.4, 0.5) is 0 Å². The van der Waals surface area contributed by atoms with Crippen molar-refractivity contribution in [1.82, 2.24) is 0 Å². The molecule has 0 N–H and O–H groups in total. The summed E-state index contributed by atoms with van der Waals surface area (Å²) in [6.45, 7) is 4.08. The molecule has 1 heterocycles. The molecule has 5 heteroatoms. The quantitative estimate of drug-likeness (QED) is 0.355. The Morgan fingerprint density at radius 1 is 0.897 bits per heavy atom.